The average Bonchev–Trinajstić information content (AvgIpc) is 2.41. The van der Waals surface area contributed by atoms with Crippen molar-refractivity contribution in [1.82, 2.24) is 0 Å². The summed E-state index contributed by atoms with van der Waals surface area (Å²) in [6.45, 7) is 0. The number of hydrogen-bond acceptors (Lipinski definition) is 4. The molecule has 0 radical (unpaired) electrons. The van der Waals surface area contributed by atoms with E-state index in [9.17, 15) is 14.7 Å². The molecule has 0 heterocycles. The summed E-state index contributed by atoms with van der Waals surface area (Å²) >= 11 is 0. The second kappa shape index (κ2) is 3.43. The molecule has 0 aliphatic heterocycles. The van der Waals surface area contributed by atoms with Crippen molar-refractivity contribution in [3.63, 3.8) is 0 Å². The van der Waals surface area contributed by atoms with Crippen LogP contribution in [0.3, 0.4) is 0 Å². The molecule has 0 atom stereocenters. The highest BCUT2D eigenvalue weighted by Crippen LogP contribution is 2.29. The Bertz CT molecular complexity index is 744. The Hall–Kier alpha value is -2.62. The average molecular weight is 239 g/mol. The van der Waals surface area contributed by atoms with Crippen LogP contribution in [0.4, 0.5) is 0 Å². The van der Waals surface area contributed by atoms with Gasteiger partial charge in [-0.15, -0.1) is 0 Å². The second-order valence-electron chi connectivity index (χ2n) is 4.17. The van der Waals surface area contributed by atoms with Crippen LogP contribution in [0.25, 0.3) is 16.5 Å². The predicted molar refractivity (Wildman–Crippen MR) is 67.0 cm³/mol. The fourth-order valence-electron chi connectivity index (χ4n) is 2.12. The summed E-state index contributed by atoms with van der Waals surface area (Å²) in [4.78, 5) is 23.4. The molecule has 4 nitrogen and oxygen atoms in total. The van der Waals surface area contributed by atoms with Gasteiger partial charge in [0.25, 0.3) is 5.78 Å². The number of Topliss-reactive ketones (excluding diaryl/α,β-unsaturated/α-hetero) is 2. The molecule has 3 rings (SSSR count). The van der Waals surface area contributed by atoms with Crippen LogP contribution < -0.4 is 5.73 Å². The van der Waals surface area contributed by atoms with Gasteiger partial charge in [-0.2, -0.15) is 0 Å². The third kappa shape index (κ3) is 1.26. The number of carbonyl (C=O) groups excluding carboxylic acids is 2. The quantitative estimate of drug-likeness (QED) is 0.687. The van der Waals surface area contributed by atoms with Crippen LogP contribution in [-0.2, 0) is 4.79 Å². The summed E-state index contributed by atoms with van der Waals surface area (Å²) in [5.41, 5.74) is 5.56. The highest BCUT2D eigenvalue weighted by atomic mass is 16.3. The summed E-state index contributed by atoms with van der Waals surface area (Å²) in [7, 11) is 0. The van der Waals surface area contributed by atoms with Gasteiger partial charge in [0, 0.05) is 11.1 Å². The number of carbonyl (C=O) groups is 2. The number of aliphatic hydroxyl groups is 1. The minimum absolute atomic E-state index is 0.199. The molecule has 1 aliphatic carbocycles. The molecule has 18 heavy (non-hydrogen) atoms. The van der Waals surface area contributed by atoms with E-state index in [1.165, 1.54) is 0 Å². The predicted octanol–water partition coefficient (Wildman–Crippen LogP) is 1.79. The van der Waals surface area contributed by atoms with Gasteiger partial charge in [0.05, 0.1) is 0 Å². The van der Waals surface area contributed by atoms with Crippen molar-refractivity contribution in [3.05, 3.63) is 53.2 Å². The Labute approximate surface area is 102 Å². The lowest BCUT2D eigenvalue weighted by Crippen LogP contribution is -2.28. The van der Waals surface area contributed by atoms with E-state index >= 15 is 0 Å². The summed E-state index contributed by atoms with van der Waals surface area (Å²) in [5, 5.41) is 11.6. The standard InChI is InChI=1S/C14H9NO3/c15-11-12(16)9-5-7-3-1-2-4-8(7)6-10(9)13(17)14(11)18/h1-6,16H,15H2. The van der Waals surface area contributed by atoms with Gasteiger partial charge in [-0.1, -0.05) is 24.3 Å². The van der Waals surface area contributed by atoms with E-state index in [0.717, 1.165) is 10.8 Å². The number of benzene rings is 2. The van der Waals surface area contributed by atoms with E-state index in [1.54, 1.807) is 12.1 Å². The van der Waals surface area contributed by atoms with Crippen LogP contribution in [0.5, 0.6) is 0 Å². The maximum absolute atomic E-state index is 11.8. The molecule has 0 unspecified atom stereocenters. The SMILES string of the molecule is NC1=C(O)c2cc3ccccc3cc2C(=O)C1=O. The molecule has 0 aromatic heterocycles. The molecule has 3 N–H and O–H groups in total. The van der Waals surface area contributed by atoms with Crippen LogP contribution in [0.15, 0.2) is 42.1 Å². The number of aliphatic hydroxyl groups excluding tert-OH is 1. The molecule has 2 aromatic carbocycles. The maximum Gasteiger partial charge on any atom is 0.252 e. The van der Waals surface area contributed by atoms with E-state index in [0.29, 0.717) is 5.56 Å². The van der Waals surface area contributed by atoms with Gasteiger partial charge in [0.2, 0.25) is 5.78 Å². The number of allylic oxidation sites excluding steroid dienone is 1. The molecular weight excluding hydrogens is 230 g/mol. The summed E-state index contributed by atoms with van der Waals surface area (Å²) in [6.07, 6.45) is 0. The van der Waals surface area contributed by atoms with Crippen LogP contribution in [0, 0.1) is 0 Å². The van der Waals surface area contributed by atoms with Gasteiger partial charge < -0.3 is 10.8 Å². The van der Waals surface area contributed by atoms with E-state index in [4.69, 9.17) is 5.73 Å². The van der Waals surface area contributed by atoms with Gasteiger partial charge >= 0.3 is 0 Å². The molecule has 4 heteroatoms. The van der Waals surface area contributed by atoms with Crippen molar-refractivity contribution in [2.24, 2.45) is 5.73 Å². The highest BCUT2D eigenvalue weighted by Gasteiger charge is 2.31. The third-order valence-corrected chi connectivity index (χ3v) is 3.09. The fraction of sp³-hybridized carbons (Fsp3) is 0. The van der Waals surface area contributed by atoms with Crippen molar-refractivity contribution < 1.29 is 14.7 Å². The molecule has 0 saturated heterocycles. The second-order valence-corrected chi connectivity index (χ2v) is 4.17. The Morgan fingerprint density at radius 1 is 0.889 bits per heavy atom. The summed E-state index contributed by atoms with van der Waals surface area (Å²) < 4.78 is 0. The third-order valence-electron chi connectivity index (χ3n) is 3.09. The summed E-state index contributed by atoms with van der Waals surface area (Å²) in [5.74, 6) is -1.85. The van der Waals surface area contributed by atoms with Crippen molar-refractivity contribution in [3.8, 4) is 0 Å². The van der Waals surface area contributed by atoms with Crippen LogP contribution in [0.2, 0.25) is 0 Å². The highest BCUT2D eigenvalue weighted by molar-refractivity contribution is 6.52. The molecule has 0 bridgehead atoms. The lowest BCUT2D eigenvalue weighted by molar-refractivity contribution is -0.112. The van der Waals surface area contributed by atoms with Gasteiger partial charge in [-0.3, -0.25) is 9.59 Å². The van der Waals surface area contributed by atoms with Crippen LogP contribution in [0.1, 0.15) is 15.9 Å². The Morgan fingerprint density at radius 3 is 2.06 bits per heavy atom. The van der Waals surface area contributed by atoms with Crippen LogP contribution in [-0.4, -0.2) is 16.7 Å². The molecule has 0 saturated carbocycles. The first-order chi connectivity index (χ1) is 8.59. The Kier molecular flexibility index (Phi) is 2.01. The smallest absolute Gasteiger partial charge is 0.252 e. The number of hydrogen-bond donors (Lipinski definition) is 2. The van der Waals surface area contributed by atoms with Crippen LogP contribution >= 0.6 is 0 Å². The molecule has 88 valence electrons. The minimum atomic E-state index is -0.852. The first-order valence-corrected chi connectivity index (χ1v) is 5.40. The summed E-state index contributed by atoms with van der Waals surface area (Å²) in [6, 6.07) is 10.7. The van der Waals surface area contributed by atoms with Crippen molar-refractivity contribution in [2.45, 2.75) is 0 Å². The van der Waals surface area contributed by atoms with E-state index < -0.39 is 11.6 Å². The van der Waals surface area contributed by atoms with Crippen molar-refractivity contribution in [1.29, 1.82) is 0 Å². The van der Waals surface area contributed by atoms with Crippen molar-refractivity contribution in [2.75, 3.05) is 0 Å². The number of rotatable bonds is 0. The lowest BCUT2D eigenvalue weighted by atomic mass is 9.89. The number of ketones is 2. The fourth-order valence-corrected chi connectivity index (χ4v) is 2.12. The molecule has 0 amide bonds. The normalized spacial score (nSPS) is 15.1. The van der Waals surface area contributed by atoms with Gasteiger partial charge in [0.1, 0.15) is 5.70 Å². The molecule has 2 aromatic rings. The largest absolute Gasteiger partial charge is 0.505 e. The molecule has 1 aliphatic rings. The number of fused-ring (bicyclic) bond motifs is 2. The van der Waals surface area contributed by atoms with Crippen molar-refractivity contribution >= 4 is 28.1 Å². The maximum atomic E-state index is 11.8. The van der Waals surface area contributed by atoms with Gasteiger partial charge in [0.15, 0.2) is 5.76 Å². The monoisotopic (exact) mass is 239 g/mol. The van der Waals surface area contributed by atoms with E-state index in [2.05, 4.69) is 0 Å². The molecule has 0 fully saturated rings. The Balaban J connectivity index is 2.42. The molecular formula is C14H9NO3. The zero-order valence-corrected chi connectivity index (χ0v) is 9.31. The van der Waals surface area contributed by atoms with Gasteiger partial charge in [-0.25, -0.2) is 0 Å². The Morgan fingerprint density at radius 2 is 1.44 bits per heavy atom. The first-order valence-electron chi connectivity index (χ1n) is 5.40. The zero-order chi connectivity index (χ0) is 12.9. The van der Waals surface area contributed by atoms with E-state index in [1.807, 2.05) is 24.3 Å². The molecule has 0 spiro atoms. The van der Waals surface area contributed by atoms with E-state index in [-0.39, 0.29) is 17.0 Å². The first kappa shape index (κ1) is 10.5. The number of nitrogens with two attached hydrogens (primary N) is 1. The topological polar surface area (TPSA) is 80.4 Å². The minimum Gasteiger partial charge on any atom is -0.505 e. The zero-order valence-electron chi connectivity index (χ0n) is 9.31. The van der Waals surface area contributed by atoms with Gasteiger partial charge in [-0.05, 0) is 22.9 Å². The lowest BCUT2D eigenvalue weighted by Gasteiger charge is -2.16.